The second kappa shape index (κ2) is 9.37. The molecule has 2 fully saturated rings. The van der Waals surface area contributed by atoms with Crippen molar-refractivity contribution >= 4 is 35.0 Å². The molecule has 27 heavy (non-hydrogen) atoms. The topological polar surface area (TPSA) is 70.1 Å². The molecule has 0 unspecified atom stereocenters. The Morgan fingerprint density at radius 2 is 1.93 bits per heavy atom. The molecule has 6 nitrogen and oxygen atoms in total. The minimum absolute atomic E-state index is 0.0138. The number of hydrogen-bond donors (Lipinski definition) is 0. The van der Waals surface area contributed by atoms with Crippen molar-refractivity contribution in [1.29, 1.82) is 0 Å². The molecule has 7 heteroatoms. The van der Waals surface area contributed by atoms with Crippen LogP contribution in [0.1, 0.15) is 37.0 Å². The molecule has 0 bridgehead atoms. The van der Waals surface area contributed by atoms with Gasteiger partial charge in [0.05, 0.1) is 6.54 Å². The number of aliphatic imine (C=N–C) groups is 1. The van der Waals surface area contributed by atoms with E-state index in [1.807, 2.05) is 29.3 Å². The van der Waals surface area contributed by atoms with E-state index in [2.05, 4.69) is 9.89 Å². The second-order valence-electron chi connectivity index (χ2n) is 7.16. The summed E-state index contributed by atoms with van der Waals surface area (Å²) >= 11 is 1.61. The van der Waals surface area contributed by atoms with Gasteiger partial charge in [0.2, 0.25) is 5.91 Å². The maximum absolute atomic E-state index is 12.4. The second-order valence-corrected chi connectivity index (χ2v) is 8.14. The summed E-state index contributed by atoms with van der Waals surface area (Å²) in [5.41, 5.74) is 0. The van der Waals surface area contributed by atoms with Crippen LogP contribution in [0.5, 0.6) is 0 Å². The average Bonchev–Trinajstić information content (AvgIpc) is 3.21. The van der Waals surface area contributed by atoms with Crippen LogP contribution in [0.2, 0.25) is 0 Å². The summed E-state index contributed by atoms with van der Waals surface area (Å²) in [4.78, 5) is 46.1. The van der Waals surface area contributed by atoms with Crippen LogP contribution in [0.15, 0.2) is 22.5 Å². The maximum Gasteiger partial charge on any atom is 0.222 e. The average molecular weight is 390 g/mol. The van der Waals surface area contributed by atoms with Gasteiger partial charge in [-0.1, -0.05) is 13.0 Å². The molecule has 146 valence electrons. The van der Waals surface area contributed by atoms with Gasteiger partial charge in [-0.2, -0.15) is 0 Å². The Hall–Kier alpha value is -1.86. The minimum Gasteiger partial charge on any atom is -0.340 e. The van der Waals surface area contributed by atoms with Crippen LogP contribution in [0.25, 0.3) is 0 Å². The molecule has 0 radical (unpaired) electrons. The Morgan fingerprint density at radius 1 is 1.22 bits per heavy atom. The predicted molar refractivity (Wildman–Crippen MR) is 106 cm³/mol. The molecule has 1 aliphatic carbocycles. The number of nitrogens with zero attached hydrogens (tertiary/aromatic N) is 3. The molecular formula is C20H27N3O3S. The zero-order valence-corrected chi connectivity index (χ0v) is 16.6. The fourth-order valence-corrected chi connectivity index (χ4v) is 4.54. The lowest BCUT2D eigenvalue weighted by molar-refractivity contribution is -0.133. The van der Waals surface area contributed by atoms with Crippen molar-refractivity contribution in [3.8, 4) is 0 Å². The normalized spacial score (nSPS) is 24.7. The summed E-state index contributed by atoms with van der Waals surface area (Å²) in [5.74, 6) is -0.444. The van der Waals surface area contributed by atoms with Gasteiger partial charge < -0.3 is 4.90 Å². The third-order valence-electron chi connectivity index (χ3n) is 5.36. The van der Waals surface area contributed by atoms with Crippen LogP contribution >= 0.6 is 11.3 Å². The Bertz CT molecular complexity index is 675. The fraction of sp³-hybridized carbons (Fsp3) is 0.600. The number of rotatable bonds is 6. The molecule has 2 heterocycles. The van der Waals surface area contributed by atoms with Gasteiger partial charge in [0.25, 0.3) is 0 Å². The molecule has 3 rings (SSSR count). The first kappa shape index (κ1) is 19.9. The number of carbonyl (C=O) groups is 3. The lowest BCUT2D eigenvalue weighted by atomic mass is 9.80. The highest BCUT2D eigenvalue weighted by molar-refractivity contribution is 7.10. The van der Waals surface area contributed by atoms with E-state index in [4.69, 9.17) is 0 Å². The Labute approximate surface area is 164 Å². The summed E-state index contributed by atoms with van der Waals surface area (Å²) in [6, 6.07) is 3.96. The van der Waals surface area contributed by atoms with Gasteiger partial charge in [0, 0.05) is 69.0 Å². The first-order chi connectivity index (χ1) is 13.1. The largest absolute Gasteiger partial charge is 0.340 e. The summed E-state index contributed by atoms with van der Waals surface area (Å²) in [6.45, 7) is 6.49. The van der Waals surface area contributed by atoms with E-state index >= 15 is 0 Å². The van der Waals surface area contributed by atoms with E-state index in [-0.39, 0.29) is 23.4 Å². The molecule has 0 N–H and O–H groups in total. The van der Waals surface area contributed by atoms with Crippen LogP contribution in [0.4, 0.5) is 0 Å². The zero-order chi connectivity index (χ0) is 19.2. The molecule has 0 atom stereocenters. The van der Waals surface area contributed by atoms with Crippen LogP contribution < -0.4 is 0 Å². The summed E-state index contributed by atoms with van der Waals surface area (Å²) in [6.07, 6.45) is 2.97. The number of thiophene rings is 1. The van der Waals surface area contributed by atoms with Crippen molar-refractivity contribution in [3.05, 3.63) is 22.4 Å². The lowest BCUT2D eigenvalue weighted by Crippen LogP contribution is -2.49. The number of carbonyl (C=O) groups excluding carboxylic acids is 3. The number of amides is 1. The molecule has 1 amide bonds. The molecule has 0 aromatic carbocycles. The first-order valence-electron chi connectivity index (χ1n) is 9.67. The fourth-order valence-electron chi connectivity index (χ4n) is 3.71. The van der Waals surface area contributed by atoms with Gasteiger partial charge in [0.1, 0.15) is 17.5 Å². The third-order valence-corrected chi connectivity index (χ3v) is 6.40. The van der Waals surface area contributed by atoms with Crippen molar-refractivity contribution in [2.75, 3.05) is 39.3 Å². The standard InChI is InChI=1S/C20H27N3O3S/c1-2-20(26)23-9-7-22(8-10-23)6-5-21-14-16-17(24)12-15(13-18(16)25)19-4-3-11-27-19/h3-4,11,14-16H,2,5-10,12-13H2,1H3. The van der Waals surface area contributed by atoms with Gasteiger partial charge in [-0.05, 0) is 11.4 Å². The molecular weight excluding hydrogens is 362 g/mol. The minimum atomic E-state index is -0.666. The van der Waals surface area contributed by atoms with Gasteiger partial charge in [-0.25, -0.2) is 0 Å². The third kappa shape index (κ3) is 5.11. The lowest BCUT2D eigenvalue weighted by Gasteiger charge is -2.34. The van der Waals surface area contributed by atoms with Crippen LogP contribution in [-0.2, 0) is 14.4 Å². The van der Waals surface area contributed by atoms with Gasteiger partial charge in [0.15, 0.2) is 0 Å². The van der Waals surface area contributed by atoms with Crippen molar-refractivity contribution < 1.29 is 14.4 Å². The number of ketones is 2. The van der Waals surface area contributed by atoms with Crippen LogP contribution in [-0.4, -0.2) is 72.8 Å². The van der Waals surface area contributed by atoms with E-state index in [1.165, 1.54) is 0 Å². The number of piperazine rings is 1. The molecule has 1 saturated heterocycles. The SMILES string of the molecule is CCC(=O)N1CCN(CCN=CC2C(=O)CC(c3cccs3)CC2=O)CC1. The highest BCUT2D eigenvalue weighted by atomic mass is 32.1. The molecule has 2 aliphatic rings. The monoisotopic (exact) mass is 389 g/mol. The zero-order valence-electron chi connectivity index (χ0n) is 15.8. The number of hydrogen-bond acceptors (Lipinski definition) is 6. The summed E-state index contributed by atoms with van der Waals surface area (Å²) in [5, 5.41) is 1.98. The Morgan fingerprint density at radius 3 is 2.52 bits per heavy atom. The molecule has 1 aromatic rings. The highest BCUT2D eigenvalue weighted by Gasteiger charge is 2.35. The Kier molecular flexibility index (Phi) is 6.90. The molecule has 0 spiro atoms. The van der Waals surface area contributed by atoms with E-state index in [1.54, 1.807) is 17.6 Å². The van der Waals surface area contributed by atoms with Gasteiger partial charge in [-0.15, -0.1) is 11.3 Å². The molecule has 1 saturated carbocycles. The maximum atomic E-state index is 12.4. The molecule has 1 aromatic heterocycles. The van der Waals surface area contributed by atoms with Crippen molar-refractivity contribution in [2.24, 2.45) is 10.9 Å². The van der Waals surface area contributed by atoms with Crippen molar-refractivity contribution in [1.82, 2.24) is 9.80 Å². The van der Waals surface area contributed by atoms with E-state index in [0.29, 0.717) is 25.8 Å². The van der Waals surface area contributed by atoms with E-state index in [0.717, 1.165) is 37.6 Å². The van der Waals surface area contributed by atoms with E-state index < -0.39 is 5.92 Å². The van der Waals surface area contributed by atoms with Crippen molar-refractivity contribution in [3.63, 3.8) is 0 Å². The van der Waals surface area contributed by atoms with Gasteiger partial charge >= 0.3 is 0 Å². The van der Waals surface area contributed by atoms with Crippen LogP contribution in [0.3, 0.4) is 0 Å². The smallest absolute Gasteiger partial charge is 0.222 e. The summed E-state index contributed by atoms with van der Waals surface area (Å²) < 4.78 is 0. The first-order valence-corrected chi connectivity index (χ1v) is 10.5. The summed E-state index contributed by atoms with van der Waals surface area (Å²) in [7, 11) is 0. The number of Topliss-reactive ketones (excluding diaryl/α,β-unsaturated/α-hetero) is 2. The highest BCUT2D eigenvalue weighted by Crippen LogP contribution is 2.33. The Balaban J connectivity index is 1.42. The molecule has 1 aliphatic heterocycles. The predicted octanol–water partition coefficient (Wildman–Crippen LogP) is 2.00. The van der Waals surface area contributed by atoms with Gasteiger partial charge in [-0.3, -0.25) is 24.3 Å². The van der Waals surface area contributed by atoms with E-state index in [9.17, 15) is 14.4 Å². The quantitative estimate of drug-likeness (QED) is 0.551. The van der Waals surface area contributed by atoms with Crippen molar-refractivity contribution in [2.45, 2.75) is 32.1 Å². The van der Waals surface area contributed by atoms with Crippen LogP contribution in [0, 0.1) is 5.92 Å².